The number of aromatic nitrogens is 1. The van der Waals surface area contributed by atoms with Crippen molar-refractivity contribution in [1.82, 2.24) is 4.57 Å². The number of carbonyl (C=O) groups is 1. The van der Waals surface area contributed by atoms with Crippen LogP contribution in [0.1, 0.15) is 23.4 Å². The summed E-state index contributed by atoms with van der Waals surface area (Å²) in [6.07, 6.45) is 3.55. The Labute approximate surface area is 175 Å². The predicted molar refractivity (Wildman–Crippen MR) is 117 cm³/mol. The highest BCUT2D eigenvalue weighted by atomic mass is 32.1. The van der Waals surface area contributed by atoms with Gasteiger partial charge >= 0.3 is 0 Å². The number of aromatic hydroxyl groups is 1. The zero-order chi connectivity index (χ0) is 20.5. The van der Waals surface area contributed by atoms with E-state index in [1.807, 2.05) is 30.3 Å². The number of amides is 1. The van der Waals surface area contributed by atoms with Gasteiger partial charge in [-0.15, -0.1) is 11.3 Å². The van der Waals surface area contributed by atoms with Crippen molar-refractivity contribution in [2.75, 3.05) is 5.32 Å². The molecule has 1 atom stereocenters. The second-order valence-corrected chi connectivity index (χ2v) is 8.15. The molecule has 0 spiro atoms. The van der Waals surface area contributed by atoms with Crippen molar-refractivity contribution >= 4 is 58.7 Å². The molecule has 1 amide bonds. The first kappa shape index (κ1) is 19.2. The predicted octanol–water partition coefficient (Wildman–Crippen LogP) is 5.58. The molecule has 0 saturated carbocycles. The van der Waals surface area contributed by atoms with E-state index in [1.165, 1.54) is 40.2 Å². The number of para-hydroxylation sites is 1. The number of anilines is 1. The lowest BCUT2D eigenvalue weighted by Crippen LogP contribution is -2.23. The molecule has 1 unspecified atom stereocenters. The van der Waals surface area contributed by atoms with Crippen molar-refractivity contribution in [3.63, 3.8) is 0 Å². The molecule has 0 saturated heterocycles. The van der Waals surface area contributed by atoms with Crippen molar-refractivity contribution in [3.8, 4) is 5.88 Å². The summed E-state index contributed by atoms with van der Waals surface area (Å²) >= 11 is 6.60. The monoisotopic (exact) mass is 425 g/mol. The highest BCUT2D eigenvalue weighted by Gasteiger charge is 2.22. The highest BCUT2D eigenvalue weighted by Crippen LogP contribution is 2.37. The molecule has 2 aromatic carbocycles. The standard InChI is InChI=1S/C21H16FN3O2S2/c1-12(19(26)24-15-8-6-14(22)7-9-15)25-20(27)18(29-21(25)28)10-13-11-23-17-5-3-2-4-16(13)17/h2-12,27H,1H3,(H,24,26)/b13-10-. The molecular formula is C21H16FN3O2S2. The summed E-state index contributed by atoms with van der Waals surface area (Å²) in [4.78, 5) is 17.5. The van der Waals surface area contributed by atoms with E-state index >= 15 is 0 Å². The maximum Gasteiger partial charge on any atom is 0.247 e. The number of fused-ring (bicyclic) bond motifs is 1. The Kier molecular flexibility index (Phi) is 5.12. The van der Waals surface area contributed by atoms with Crippen LogP contribution in [0.4, 0.5) is 15.8 Å². The number of thiazole rings is 1. The third kappa shape index (κ3) is 3.76. The third-order valence-electron chi connectivity index (χ3n) is 4.57. The van der Waals surface area contributed by atoms with Crippen molar-refractivity contribution in [3.05, 3.63) is 68.7 Å². The molecule has 0 fully saturated rings. The van der Waals surface area contributed by atoms with Crippen LogP contribution in [0.15, 0.2) is 53.5 Å². The molecule has 0 aliphatic carbocycles. The summed E-state index contributed by atoms with van der Waals surface area (Å²) in [5.41, 5.74) is 3.17. The first-order valence-corrected chi connectivity index (χ1v) is 10.0. The Morgan fingerprint density at radius 2 is 2.00 bits per heavy atom. The number of aliphatic imine (C=N–C) groups is 1. The summed E-state index contributed by atoms with van der Waals surface area (Å²) < 4.78 is 14.8. The maximum atomic E-state index is 13.0. The van der Waals surface area contributed by atoms with Crippen LogP contribution >= 0.6 is 23.6 Å². The minimum absolute atomic E-state index is 0.0768. The summed E-state index contributed by atoms with van der Waals surface area (Å²) in [5.74, 6) is -0.830. The van der Waals surface area contributed by atoms with Crippen molar-refractivity contribution in [2.45, 2.75) is 13.0 Å². The second kappa shape index (κ2) is 7.73. The minimum atomic E-state index is -0.750. The number of hydrogen-bond donors (Lipinski definition) is 2. The smallest absolute Gasteiger partial charge is 0.247 e. The lowest BCUT2D eigenvalue weighted by molar-refractivity contribution is -0.118. The van der Waals surface area contributed by atoms with Gasteiger partial charge in [0.2, 0.25) is 11.8 Å². The van der Waals surface area contributed by atoms with Gasteiger partial charge in [-0.3, -0.25) is 14.4 Å². The van der Waals surface area contributed by atoms with Gasteiger partial charge in [-0.1, -0.05) is 18.2 Å². The van der Waals surface area contributed by atoms with Crippen LogP contribution in [0.5, 0.6) is 5.88 Å². The molecule has 146 valence electrons. The van der Waals surface area contributed by atoms with Gasteiger partial charge in [-0.2, -0.15) is 0 Å². The van der Waals surface area contributed by atoms with Crippen molar-refractivity contribution in [1.29, 1.82) is 0 Å². The fourth-order valence-corrected chi connectivity index (χ4v) is 4.44. The quantitative estimate of drug-likeness (QED) is 0.536. The number of carbonyl (C=O) groups excluding carboxylic acids is 1. The first-order chi connectivity index (χ1) is 13.9. The van der Waals surface area contributed by atoms with E-state index in [1.54, 1.807) is 13.1 Å². The van der Waals surface area contributed by atoms with E-state index in [2.05, 4.69) is 10.3 Å². The van der Waals surface area contributed by atoms with Crippen LogP contribution in [0.2, 0.25) is 0 Å². The number of nitrogens with zero attached hydrogens (tertiary/aromatic N) is 2. The van der Waals surface area contributed by atoms with Gasteiger partial charge in [0.25, 0.3) is 0 Å². The molecule has 0 bridgehead atoms. The summed E-state index contributed by atoms with van der Waals surface area (Å²) in [7, 11) is 0. The first-order valence-electron chi connectivity index (χ1n) is 8.80. The van der Waals surface area contributed by atoms with E-state index in [0.29, 0.717) is 14.5 Å². The number of hydrogen-bond acceptors (Lipinski definition) is 5. The van der Waals surface area contributed by atoms with Gasteiger partial charge < -0.3 is 10.4 Å². The molecule has 8 heteroatoms. The maximum absolute atomic E-state index is 13.0. The SMILES string of the molecule is CC(C(=O)Nc1ccc(F)cc1)n1c(O)c(/C=C2/C=Nc3ccccc32)sc1=S. The summed E-state index contributed by atoms with van der Waals surface area (Å²) in [5, 5.41) is 13.4. The Morgan fingerprint density at radius 1 is 1.28 bits per heavy atom. The molecule has 5 nitrogen and oxygen atoms in total. The van der Waals surface area contributed by atoms with Crippen LogP contribution in [0.3, 0.4) is 0 Å². The molecule has 1 aliphatic heterocycles. The van der Waals surface area contributed by atoms with Gasteiger partial charge in [0.1, 0.15) is 11.9 Å². The van der Waals surface area contributed by atoms with Crippen LogP contribution in [0, 0.1) is 9.77 Å². The summed E-state index contributed by atoms with van der Waals surface area (Å²) in [6, 6.07) is 12.4. The average molecular weight is 426 g/mol. The normalized spacial score (nSPS) is 14.8. The van der Waals surface area contributed by atoms with Gasteiger partial charge in [0, 0.05) is 23.0 Å². The largest absolute Gasteiger partial charge is 0.493 e. The minimum Gasteiger partial charge on any atom is -0.493 e. The Hall–Kier alpha value is -3.10. The molecule has 2 heterocycles. The lowest BCUT2D eigenvalue weighted by Gasteiger charge is -2.15. The molecule has 29 heavy (non-hydrogen) atoms. The zero-order valence-corrected chi connectivity index (χ0v) is 16.9. The molecule has 3 aromatic rings. The van der Waals surface area contributed by atoms with Crippen molar-refractivity contribution in [2.24, 2.45) is 4.99 Å². The molecule has 2 N–H and O–H groups in total. The van der Waals surface area contributed by atoms with E-state index in [-0.39, 0.29) is 17.6 Å². The van der Waals surface area contributed by atoms with Crippen LogP contribution < -0.4 is 5.32 Å². The third-order valence-corrected chi connectivity index (χ3v) is 5.90. The number of halogens is 1. The van der Waals surface area contributed by atoms with Gasteiger partial charge in [-0.25, -0.2) is 4.39 Å². The molecule has 0 radical (unpaired) electrons. The van der Waals surface area contributed by atoms with Gasteiger partial charge in [0.05, 0.1) is 10.6 Å². The fourth-order valence-electron chi connectivity index (χ4n) is 3.02. The Morgan fingerprint density at radius 3 is 2.76 bits per heavy atom. The van der Waals surface area contributed by atoms with Gasteiger partial charge in [-0.05, 0) is 55.5 Å². The van der Waals surface area contributed by atoms with E-state index in [4.69, 9.17) is 12.2 Å². The Balaban J connectivity index is 1.61. The van der Waals surface area contributed by atoms with Gasteiger partial charge in [0.15, 0.2) is 3.95 Å². The number of benzene rings is 2. The molecular weight excluding hydrogens is 409 g/mol. The van der Waals surface area contributed by atoms with Crippen LogP contribution in [-0.4, -0.2) is 21.8 Å². The van der Waals surface area contributed by atoms with E-state index in [9.17, 15) is 14.3 Å². The van der Waals surface area contributed by atoms with E-state index < -0.39 is 6.04 Å². The number of allylic oxidation sites excluding steroid dienone is 1. The number of rotatable bonds is 4. The second-order valence-electron chi connectivity index (χ2n) is 6.47. The van der Waals surface area contributed by atoms with Crippen molar-refractivity contribution < 1.29 is 14.3 Å². The lowest BCUT2D eigenvalue weighted by atomic mass is 10.1. The van der Waals surface area contributed by atoms with Crippen LogP contribution in [-0.2, 0) is 4.79 Å². The summed E-state index contributed by atoms with van der Waals surface area (Å²) in [6.45, 7) is 1.64. The topological polar surface area (TPSA) is 66.6 Å². The zero-order valence-electron chi connectivity index (χ0n) is 15.3. The molecule has 4 rings (SSSR count). The molecule has 1 aliphatic rings. The fraction of sp³-hybridized carbons (Fsp3) is 0.0952. The van der Waals surface area contributed by atoms with E-state index in [0.717, 1.165) is 16.8 Å². The number of nitrogens with one attached hydrogen (secondary N) is 1. The molecule has 1 aromatic heterocycles. The Bertz CT molecular complexity index is 1210. The van der Waals surface area contributed by atoms with Crippen LogP contribution in [0.25, 0.3) is 11.6 Å². The average Bonchev–Trinajstić information content (AvgIpc) is 3.24. The highest BCUT2D eigenvalue weighted by molar-refractivity contribution is 7.73.